The second-order valence-electron chi connectivity index (χ2n) is 4.59. The highest BCUT2D eigenvalue weighted by atomic mass is 35.5. The molecular weight excluding hydrogens is 279 g/mol. The van der Waals surface area contributed by atoms with Gasteiger partial charge in [-0.3, -0.25) is 0 Å². The standard InChI is InChI=1S/C15H20Cl2N2/c1-3-4-5-11(2)15(18)19-9-8-12-6-7-13(16)14(17)10-12/h6-11H,3-5H2,1-2H3,(H2,18,19). The summed E-state index contributed by atoms with van der Waals surface area (Å²) in [5.41, 5.74) is 6.88. The lowest BCUT2D eigenvalue weighted by Crippen LogP contribution is -2.20. The molecule has 0 radical (unpaired) electrons. The molecule has 4 heteroatoms. The molecule has 0 aliphatic rings. The summed E-state index contributed by atoms with van der Waals surface area (Å²) in [6, 6.07) is 5.45. The molecule has 1 aromatic rings. The summed E-state index contributed by atoms with van der Waals surface area (Å²) >= 11 is 11.8. The van der Waals surface area contributed by atoms with Gasteiger partial charge in [-0.05, 0) is 30.2 Å². The fourth-order valence-electron chi connectivity index (χ4n) is 1.61. The summed E-state index contributed by atoms with van der Waals surface area (Å²) in [5, 5.41) is 1.09. The normalized spacial score (nSPS) is 14.0. The fourth-order valence-corrected chi connectivity index (χ4v) is 1.92. The number of hydrogen-bond donors (Lipinski definition) is 1. The van der Waals surface area contributed by atoms with Crippen LogP contribution in [0.15, 0.2) is 29.4 Å². The van der Waals surface area contributed by atoms with E-state index in [1.807, 2.05) is 12.1 Å². The third-order valence-corrected chi connectivity index (χ3v) is 3.67. The average Bonchev–Trinajstić information content (AvgIpc) is 2.39. The first-order chi connectivity index (χ1) is 9.04. The lowest BCUT2D eigenvalue weighted by atomic mass is 10.0. The number of nitrogens with two attached hydrogens (primary N) is 1. The van der Waals surface area contributed by atoms with E-state index in [1.165, 1.54) is 12.8 Å². The van der Waals surface area contributed by atoms with E-state index in [-0.39, 0.29) is 0 Å². The van der Waals surface area contributed by atoms with Gasteiger partial charge >= 0.3 is 0 Å². The Morgan fingerprint density at radius 2 is 2.11 bits per heavy atom. The van der Waals surface area contributed by atoms with Crippen LogP contribution >= 0.6 is 23.2 Å². The third kappa shape index (κ3) is 5.66. The molecule has 0 spiro atoms. The number of aliphatic imine (C=N–C) groups is 1. The SMILES string of the molecule is CCCCC(C)C(N)=NC=Cc1ccc(Cl)c(Cl)c1. The molecule has 0 saturated carbocycles. The van der Waals surface area contributed by atoms with Crippen molar-refractivity contribution in [3.63, 3.8) is 0 Å². The summed E-state index contributed by atoms with van der Waals surface area (Å²) in [6.45, 7) is 4.27. The van der Waals surface area contributed by atoms with Gasteiger partial charge in [0.1, 0.15) is 5.84 Å². The number of nitrogens with zero attached hydrogens (tertiary/aromatic N) is 1. The maximum absolute atomic E-state index is 5.94. The molecule has 1 atom stereocenters. The molecule has 104 valence electrons. The topological polar surface area (TPSA) is 38.4 Å². The lowest BCUT2D eigenvalue weighted by Gasteiger charge is -2.08. The van der Waals surface area contributed by atoms with Crippen LogP contribution in [0.5, 0.6) is 0 Å². The summed E-state index contributed by atoms with van der Waals surface area (Å²) in [4.78, 5) is 4.26. The summed E-state index contributed by atoms with van der Waals surface area (Å²) in [6.07, 6.45) is 7.00. The highest BCUT2D eigenvalue weighted by Gasteiger charge is 2.04. The van der Waals surface area contributed by atoms with Gasteiger partial charge in [-0.2, -0.15) is 0 Å². The molecule has 2 N–H and O–H groups in total. The molecule has 19 heavy (non-hydrogen) atoms. The Morgan fingerprint density at radius 3 is 2.74 bits per heavy atom. The van der Waals surface area contributed by atoms with Crippen LogP contribution < -0.4 is 5.73 Å². The number of benzene rings is 1. The van der Waals surface area contributed by atoms with E-state index in [9.17, 15) is 0 Å². The zero-order valence-electron chi connectivity index (χ0n) is 11.4. The minimum atomic E-state index is 0.318. The minimum Gasteiger partial charge on any atom is -0.387 e. The van der Waals surface area contributed by atoms with Crippen molar-refractivity contribution in [2.24, 2.45) is 16.6 Å². The first-order valence-electron chi connectivity index (χ1n) is 6.49. The minimum absolute atomic E-state index is 0.318. The molecule has 0 aliphatic heterocycles. The van der Waals surface area contributed by atoms with Crippen molar-refractivity contribution in [1.82, 2.24) is 0 Å². The molecule has 1 unspecified atom stereocenters. The highest BCUT2D eigenvalue weighted by Crippen LogP contribution is 2.23. The van der Waals surface area contributed by atoms with Crippen LogP contribution in [0.4, 0.5) is 0 Å². The van der Waals surface area contributed by atoms with Gasteiger partial charge < -0.3 is 5.73 Å². The smallest absolute Gasteiger partial charge is 0.102 e. The monoisotopic (exact) mass is 298 g/mol. The van der Waals surface area contributed by atoms with Crippen LogP contribution in [-0.2, 0) is 0 Å². The Bertz CT molecular complexity index is 467. The van der Waals surface area contributed by atoms with Gasteiger partial charge in [0.05, 0.1) is 10.0 Å². The predicted molar refractivity (Wildman–Crippen MR) is 85.8 cm³/mol. The first kappa shape index (κ1) is 16.1. The van der Waals surface area contributed by atoms with Gasteiger partial charge in [0.25, 0.3) is 0 Å². The van der Waals surface area contributed by atoms with Gasteiger partial charge in [-0.15, -0.1) is 0 Å². The lowest BCUT2D eigenvalue weighted by molar-refractivity contribution is 0.621. The fraction of sp³-hybridized carbons (Fsp3) is 0.400. The van der Waals surface area contributed by atoms with E-state index in [2.05, 4.69) is 18.8 Å². The van der Waals surface area contributed by atoms with Crippen molar-refractivity contribution in [2.45, 2.75) is 33.1 Å². The van der Waals surface area contributed by atoms with E-state index in [4.69, 9.17) is 28.9 Å². The number of unbranched alkanes of at least 4 members (excludes halogenated alkanes) is 1. The van der Waals surface area contributed by atoms with Crippen LogP contribution in [0, 0.1) is 5.92 Å². The largest absolute Gasteiger partial charge is 0.387 e. The highest BCUT2D eigenvalue weighted by molar-refractivity contribution is 6.42. The molecule has 0 aromatic heterocycles. The summed E-state index contributed by atoms with van der Waals surface area (Å²) in [5.74, 6) is 0.989. The Kier molecular flexibility index (Phi) is 6.96. The van der Waals surface area contributed by atoms with Gasteiger partial charge in [0.2, 0.25) is 0 Å². The molecule has 1 rings (SSSR count). The number of rotatable bonds is 6. The molecule has 0 fully saturated rings. The van der Waals surface area contributed by atoms with E-state index in [1.54, 1.807) is 18.3 Å². The molecule has 0 aliphatic carbocycles. The number of hydrogen-bond acceptors (Lipinski definition) is 1. The third-order valence-electron chi connectivity index (χ3n) is 2.93. The van der Waals surface area contributed by atoms with Crippen molar-refractivity contribution < 1.29 is 0 Å². The Labute approximate surface area is 125 Å². The second kappa shape index (κ2) is 8.23. The van der Waals surface area contributed by atoms with Gasteiger partial charge in [0.15, 0.2) is 0 Å². The van der Waals surface area contributed by atoms with Gasteiger partial charge in [-0.25, -0.2) is 4.99 Å². The molecular formula is C15H20Cl2N2. The average molecular weight is 299 g/mol. The Hall–Kier alpha value is -0.990. The van der Waals surface area contributed by atoms with Crippen molar-refractivity contribution in [3.8, 4) is 0 Å². The van der Waals surface area contributed by atoms with Crippen molar-refractivity contribution >= 4 is 35.1 Å². The Balaban J connectivity index is 2.63. The van der Waals surface area contributed by atoms with E-state index >= 15 is 0 Å². The van der Waals surface area contributed by atoms with Crippen molar-refractivity contribution in [1.29, 1.82) is 0 Å². The van der Waals surface area contributed by atoms with Crippen LogP contribution in [0.1, 0.15) is 38.7 Å². The Morgan fingerprint density at radius 1 is 1.37 bits per heavy atom. The molecule has 2 nitrogen and oxygen atoms in total. The van der Waals surface area contributed by atoms with E-state index in [0.29, 0.717) is 21.8 Å². The summed E-state index contributed by atoms with van der Waals surface area (Å²) < 4.78 is 0. The molecule has 0 bridgehead atoms. The first-order valence-corrected chi connectivity index (χ1v) is 7.25. The maximum atomic E-state index is 5.94. The van der Waals surface area contributed by atoms with Gasteiger partial charge in [0, 0.05) is 12.1 Å². The van der Waals surface area contributed by atoms with Crippen molar-refractivity contribution in [3.05, 3.63) is 40.0 Å². The van der Waals surface area contributed by atoms with Gasteiger partial charge in [-0.1, -0.05) is 56.0 Å². The summed E-state index contributed by atoms with van der Waals surface area (Å²) in [7, 11) is 0. The molecule has 1 aromatic carbocycles. The zero-order chi connectivity index (χ0) is 14.3. The molecule has 0 heterocycles. The van der Waals surface area contributed by atoms with Crippen LogP contribution in [0.2, 0.25) is 10.0 Å². The van der Waals surface area contributed by atoms with Crippen LogP contribution in [-0.4, -0.2) is 5.84 Å². The van der Waals surface area contributed by atoms with E-state index in [0.717, 1.165) is 12.0 Å². The van der Waals surface area contributed by atoms with Crippen LogP contribution in [0.3, 0.4) is 0 Å². The van der Waals surface area contributed by atoms with Crippen molar-refractivity contribution in [2.75, 3.05) is 0 Å². The predicted octanol–water partition coefficient (Wildman–Crippen LogP) is 5.15. The second-order valence-corrected chi connectivity index (χ2v) is 5.40. The molecule has 0 amide bonds. The number of amidine groups is 1. The van der Waals surface area contributed by atoms with Crippen LogP contribution in [0.25, 0.3) is 6.08 Å². The maximum Gasteiger partial charge on any atom is 0.102 e. The molecule has 0 saturated heterocycles. The number of halogens is 2. The zero-order valence-corrected chi connectivity index (χ0v) is 12.9. The quantitative estimate of drug-likeness (QED) is 0.572. The van der Waals surface area contributed by atoms with E-state index < -0.39 is 0 Å².